The monoisotopic (exact) mass is 643 g/mol. The molecule has 8 nitrogen and oxygen atoms in total. The van der Waals surface area contributed by atoms with E-state index < -0.39 is 0 Å². The molecule has 6 aromatic carbocycles. The van der Waals surface area contributed by atoms with Crippen LogP contribution in [-0.2, 0) is 0 Å². The second kappa shape index (κ2) is 11.0. The predicted molar refractivity (Wildman–Crippen MR) is 198 cm³/mol. The van der Waals surface area contributed by atoms with Crippen molar-refractivity contribution in [3.63, 3.8) is 0 Å². The van der Waals surface area contributed by atoms with Crippen molar-refractivity contribution >= 4 is 49.3 Å². The van der Waals surface area contributed by atoms with Crippen LogP contribution in [0, 0.1) is 0 Å². The molecule has 234 valence electrons. The van der Waals surface area contributed by atoms with Gasteiger partial charge in [-0.05, 0) is 53.6 Å². The van der Waals surface area contributed by atoms with Gasteiger partial charge in [0.15, 0.2) is 17.3 Å². The molecule has 0 aliphatic heterocycles. The van der Waals surface area contributed by atoms with E-state index in [4.69, 9.17) is 15.0 Å². The van der Waals surface area contributed by atoms with Gasteiger partial charge in [0.2, 0.25) is 5.95 Å². The van der Waals surface area contributed by atoms with Crippen LogP contribution < -0.4 is 5.56 Å². The van der Waals surface area contributed by atoms with Crippen LogP contribution in [0.2, 0.25) is 0 Å². The average molecular weight is 644 g/mol. The lowest BCUT2D eigenvalue weighted by Crippen LogP contribution is -2.11. The van der Waals surface area contributed by atoms with E-state index in [1.807, 2.05) is 120 Å². The van der Waals surface area contributed by atoms with E-state index >= 15 is 0 Å². The summed E-state index contributed by atoms with van der Waals surface area (Å²) in [5.41, 5.74) is 7.56. The van der Waals surface area contributed by atoms with Crippen LogP contribution in [0.3, 0.4) is 0 Å². The molecule has 0 N–H and O–H groups in total. The molecule has 0 bridgehead atoms. The van der Waals surface area contributed by atoms with Crippen LogP contribution in [0.1, 0.15) is 0 Å². The van der Waals surface area contributed by atoms with Gasteiger partial charge in [0.25, 0.3) is 5.56 Å². The minimum atomic E-state index is -0.269. The highest BCUT2D eigenvalue weighted by atomic mass is 16.1. The summed E-state index contributed by atoms with van der Waals surface area (Å²) in [6.07, 6.45) is 1.74. The summed E-state index contributed by atoms with van der Waals surface area (Å²) < 4.78 is 4.00. The molecule has 0 spiro atoms. The number of rotatable bonds is 4. The van der Waals surface area contributed by atoms with Gasteiger partial charge in [-0.15, -0.1) is 0 Å². The first-order valence-electron chi connectivity index (χ1n) is 16.3. The van der Waals surface area contributed by atoms with E-state index in [0.29, 0.717) is 28.6 Å². The number of hydrogen-bond donors (Lipinski definition) is 0. The van der Waals surface area contributed by atoms with E-state index in [9.17, 15) is 4.79 Å². The third-order valence-corrected chi connectivity index (χ3v) is 9.27. The minimum Gasteiger partial charge on any atom is -0.284 e. The van der Waals surface area contributed by atoms with Gasteiger partial charge in [-0.3, -0.25) is 13.8 Å². The van der Waals surface area contributed by atoms with E-state index in [-0.39, 0.29) is 5.56 Å². The first-order valence-corrected chi connectivity index (χ1v) is 16.3. The second-order valence-corrected chi connectivity index (χ2v) is 12.2. The van der Waals surface area contributed by atoms with Gasteiger partial charge >= 0.3 is 0 Å². The Kier molecular flexibility index (Phi) is 6.16. The number of fused-ring (bicyclic) bond motifs is 8. The number of aromatic nitrogens is 7. The Morgan fingerprint density at radius 2 is 1.02 bits per heavy atom. The van der Waals surface area contributed by atoms with Crippen molar-refractivity contribution in [2.45, 2.75) is 0 Å². The Morgan fingerprint density at radius 1 is 0.440 bits per heavy atom. The van der Waals surface area contributed by atoms with Crippen molar-refractivity contribution in [2.24, 2.45) is 0 Å². The van der Waals surface area contributed by atoms with Crippen LogP contribution in [0.25, 0.3) is 89.1 Å². The lowest BCUT2D eigenvalue weighted by atomic mass is 10.0. The third-order valence-electron chi connectivity index (χ3n) is 9.27. The topological polar surface area (TPSA) is 90.9 Å². The summed E-state index contributed by atoms with van der Waals surface area (Å²) in [6.45, 7) is 0. The van der Waals surface area contributed by atoms with E-state index in [1.54, 1.807) is 6.33 Å². The fraction of sp³-hybridized carbons (Fsp3) is 0. The molecule has 0 saturated heterocycles. The van der Waals surface area contributed by atoms with Gasteiger partial charge in [0, 0.05) is 27.3 Å². The zero-order valence-corrected chi connectivity index (χ0v) is 26.5. The maximum atomic E-state index is 13.5. The lowest BCUT2D eigenvalue weighted by molar-refractivity contribution is 0.953. The first-order chi connectivity index (χ1) is 24.7. The smallest absolute Gasteiger partial charge is 0.281 e. The highest BCUT2D eigenvalue weighted by Gasteiger charge is 2.19. The van der Waals surface area contributed by atoms with Crippen LogP contribution in [-0.4, -0.2) is 33.9 Å². The summed E-state index contributed by atoms with van der Waals surface area (Å²) in [5, 5.41) is 3.49. The normalized spacial score (nSPS) is 11.7. The Balaban J connectivity index is 1.16. The summed E-state index contributed by atoms with van der Waals surface area (Å²) in [6, 6.07) is 48.3. The number of hydrogen-bond acceptors (Lipinski definition) is 6. The summed E-state index contributed by atoms with van der Waals surface area (Å²) in [4.78, 5) is 37.5. The molecular formula is C42H25N7O. The van der Waals surface area contributed by atoms with Gasteiger partial charge in [0.05, 0.1) is 27.5 Å². The zero-order chi connectivity index (χ0) is 33.2. The fourth-order valence-corrected chi connectivity index (χ4v) is 6.89. The molecule has 0 radical (unpaired) electrons. The standard InChI is InChI=1S/C42H25N7O/c50-41-33-24-29(19-21-35(33)48-25-43-34-17-9-7-16-31(34)40(48)47-41)28-20-22-37-32(23-28)30-15-8-10-18-36(30)49(37)42-45-38(26-11-3-1-4-12-26)44-39(46-42)27-13-5-2-6-14-27/h1-25H. The van der Waals surface area contributed by atoms with Crippen LogP contribution >= 0.6 is 0 Å². The van der Waals surface area contributed by atoms with Crippen LogP contribution in [0.4, 0.5) is 0 Å². The summed E-state index contributed by atoms with van der Waals surface area (Å²) >= 11 is 0. The fourth-order valence-electron chi connectivity index (χ4n) is 6.89. The summed E-state index contributed by atoms with van der Waals surface area (Å²) in [5.74, 6) is 1.74. The van der Waals surface area contributed by atoms with Gasteiger partial charge in [-0.25, -0.2) is 9.97 Å². The Morgan fingerprint density at radius 3 is 1.74 bits per heavy atom. The van der Waals surface area contributed by atoms with Gasteiger partial charge in [-0.2, -0.15) is 15.0 Å². The predicted octanol–water partition coefficient (Wildman–Crippen LogP) is 8.68. The molecule has 10 aromatic rings. The van der Waals surface area contributed by atoms with Crippen molar-refractivity contribution in [3.8, 4) is 39.9 Å². The van der Waals surface area contributed by atoms with Gasteiger partial charge in [-0.1, -0.05) is 103 Å². The number of nitrogens with zero attached hydrogens (tertiary/aromatic N) is 7. The molecule has 0 atom stereocenters. The molecule has 0 saturated carbocycles. The Hall–Kier alpha value is -7.06. The maximum absolute atomic E-state index is 13.5. The molecule has 0 aliphatic carbocycles. The lowest BCUT2D eigenvalue weighted by Gasteiger charge is -2.11. The first kappa shape index (κ1) is 28.0. The molecule has 0 amide bonds. The Bertz CT molecular complexity index is 2950. The van der Waals surface area contributed by atoms with E-state index in [2.05, 4.69) is 44.9 Å². The zero-order valence-electron chi connectivity index (χ0n) is 26.5. The second-order valence-electron chi connectivity index (χ2n) is 12.2. The minimum absolute atomic E-state index is 0.269. The van der Waals surface area contributed by atoms with Crippen molar-refractivity contribution in [1.29, 1.82) is 0 Å². The van der Waals surface area contributed by atoms with Crippen LogP contribution in [0.5, 0.6) is 0 Å². The molecule has 8 heteroatoms. The maximum Gasteiger partial charge on any atom is 0.281 e. The number of para-hydroxylation sites is 2. The van der Waals surface area contributed by atoms with Gasteiger partial charge in [0.1, 0.15) is 6.33 Å². The van der Waals surface area contributed by atoms with Crippen LogP contribution in [0.15, 0.2) is 157 Å². The number of benzene rings is 6. The molecule has 4 heterocycles. The van der Waals surface area contributed by atoms with Crippen molar-refractivity contribution in [3.05, 3.63) is 162 Å². The van der Waals surface area contributed by atoms with E-state index in [1.165, 1.54) is 0 Å². The van der Waals surface area contributed by atoms with E-state index in [0.717, 1.165) is 60.5 Å². The molecule has 10 rings (SSSR count). The van der Waals surface area contributed by atoms with Crippen molar-refractivity contribution < 1.29 is 0 Å². The highest BCUT2D eigenvalue weighted by molar-refractivity contribution is 6.10. The average Bonchev–Trinajstić information content (AvgIpc) is 3.52. The SMILES string of the molecule is O=c1nc2c3ccccc3ncn2c2ccc(-c3ccc4c(c3)c3ccccc3n4-c3nc(-c4ccccc4)nc(-c4ccccc4)n3)cc12. The largest absolute Gasteiger partial charge is 0.284 e. The van der Waals surface area contributed by atoms with Crippen molar-refractivity contribution in [2.75, 3.05) is 0 Å². The summed E-state index contributed by atoms with van der Waals surface area (Å²) in [7, 11) is 0. The van der Waals surface area contributed by atoms with Crippen molar-refractivity contribution in [1.82, 2.24) is 33.9 Å². The van der Waals surface area contributed by atoms with Gasteiger partial charge < -0.3 is 0 Å². The molecule has 0 fully saturated rings. The molecule has 4 aromatic heterocycles. The third kappa shape index (κ3) is 4.39. The highest BCUT2D eigenvalue weighted by Crippen LogP contribution is 2.35. The molecular weight excluding hydrogens is 619 g/mol. The quantitative estimate of drug-likeness (QED) is 0.178. The molecule has 50 heavy (non-hydrogen) atoms. The molecule has 0 unspecified atom stereocenters. The Labute approximate surface area is 284 Å². The molecule has 0 aliphatic rings.